The van der Waals surface area contributed by atoms with Gasteiger partial charge >= 0.3 is 0 Å². The van der Waals surface area contributed by atoms with Crippen molar-refractivity contribution >= 4 is 5.91 Å². The molecule has 0 aromatic heterocycles. The Morgan fingerprint density at radius 2 is 2.09 bits per heavy atom. The molecule has 0 bridgehead atoms. The van der Waals surface area contributed by atoms with E-state index in [0.717, 1.165) is 26.1 Å². The maximum Gasteiger partial charge on any atom is 0.257 e. The largest absolute Gasteiger partial charge is 0.486 e. The van der Waals surface area contributed by atoms with Crippen LogP contribution in [-0.4, -0.2) is 49.7 Å². The van der Waals surface area contributed by atoms with Gasteiger partial charge in [-0.05, 0) is 43.9 Å². The summed E-state index contributed by atoms with van der Waals surface area (Å²) in [6.07, 6.45) is 4.77. The summed E-state index contributed by atoms with van der Waals surface area (Å²) in [7, 11) is 0. The molecule has 5 heteroatoms. The van der Waals surface area contributed by atoms with E-state index >= 15 is 0 Å². The highest BCUT2D eigenvalue weighted by Crippen LogP contribution is 2.35. The Balaban J connectivity index is 1.53. The predicted octanol–water partition coefficient (Wildman–Crippen LogP) is 2.06. The van der Waals surface area contributed by atoms with E-state index in [0.29, 0.717) is 42.2 Å². The summed E-state index contributed by atoms with van der Waals surface area (Å²) in [5.41, 5.74) is 0.641. The van der Waals surface area contributed by atoms with Crippen LogP contribution in [-0.2, 0) is 0 Å². The van der Waals surface area contributed by atoms with Crippen molar-refractivity contribution in [2.75, 3.05) is 32.8 Å². The third-order valence-corrected chi connectivity index (χ3v) is 5.23. The number of likely N-dealkylation sites (tertiary alicyclic amines) is 1. The van der Waals surface area contributed by atoms with E-state index < -0.39 is 0 Å². The quantitative estimate of drug-likeness (QED) is 0.862. The monoisotopic (exact) mass is 316 g/mol. The summed E-state index contributed by atoms with van der Waals surface area (Å²) < 4.78 is 11.3. The Labute approximate surface area is 136 Å². The normalized spacial score (nSPS) is 27.0. The molecule has 1 aromatic carbocycles. The van der Waals surface area contributed by atoms with Crippen molar-refractivity contribution in [3.05, 3.63) is 23.8 Å². The standard InChI is InChI=1S/C18H24N2O3/c21-18(14-5-3-6-16-17(14)23-11-10-22-16)20-9-7-15-13(12-20)4-1-2-8-19-15/h3,5-6,13,15,19H,1-2,4,7-12H2/t13-,15+/m0/s1. The molecule has 4 rings (SSSR count). The van der Waals surface area contributed by atoms with Gasteiger partial charge < -0.3 is 19.7 Å². The first kappa shape index (κ1) is 14.8. The molecule has 23 heavy (non-hydrogen) atoms. The van der Waals surface area contributed by atoms with Crippen molar-refractivity contribution in [1.82, 2.24) is 10.2 Å². The average Bonchev–Trinajstić information content (AvgIpc) is 2.85. The minimum absolute atomic E-state index is 0.0787. The summed E-state index contributed by atoms with van der Waals surface area (Å²) in [5, 5.41) is 3.65. The van der Waals surface area contributed by atoms with Crippen molar-refractivity contribution in [3.63, 3.8) is 0 Å². The van der Waals surface area contributed by atoms with Gasteiger partial charge in [-0.25, -0.2) is 0 Å². The zero-order valence-electron chi connectivity index (χ0n) is 13.4. The fraction of sp³-hybridized carbons (Fsp3) is 0.611. The van der Waals surface area contributed by atoms with Crippen LogP contribution in [0.3, 0.4) is 0 Å². The molecule has 3 aliphatic rings. The van der Waals surface area contributed by atoms with E-state index in [-0.39, 0.29) is 5.91 Å². The van der Waals surface area contributed by atoms with E-state index in [1.54, 1.807) is 0 Å². The molecule has 0 aliphatic carbocycles. The number of amides is 1. The van der Waals surface area contributed by atoms with Gasteiger partial charge in [0.05, 0.1) is 5.56 Å². The number of fused-ring (bicyclic) bond motifs is 2. The number of para-hydroxylation sites is 1. The van der Waals surface area contributed by atoms with Crippen molar-refractivity contribution < 1.29 is 14.3 Å². The SMILES string of the molecule is O=C(c1cccc2c1OCCO2)N1CC[C@H]2NCCCC[C@H]2C1. The molecule has 1 aromatic rings. The first-order valence-corrected chi connectivity index (χ1v) is 8.74. The maximum absolute atomic E-state index is 13.0. The van der Waals surface area contributed by atoms with Crippen LogP contribution >= 0.6 is 0 Å². The Kier molecular flexibility index (Phi) is 4.12. The first-order chi connectivity index (χ1) is 11.3. The van der Waals surface area contributed by atoms with Crippen molar-refractivity contribution in [2.45, 2.75) is 31.7 Å². The lowest BCUT2D eigenvalue weighted by Crippen LogP contribution is -2.50. The van der Waals surface area contributed by atoms with Crippen LogP contribution in [0, 0.1) is 5.92 Å². The second kappa shape index (κ2) is 6.40. The average molecular weight is 316 g/mol. The number of nitrogens with one attached hydrogen (secondary N) is 1. The van der Waals surface area contributed by atoms with E-state index in [4.69, 9.17) is 9.47 Å². The van der Waals surface area contributed by atoms with Crippen LogP contribution in [0.1, 0.15) is 36.0 Å². The highest BCUT2D eigenvalue weighted by Gasteiger charge is 2.33. The van der Waals surface area contributed by atoms with E-state index in [2.05, 4.69) is 5.32 Å². The van der Waals surface area contributed by atoms with Crippen LogP contribution in [0.25, 0.3) is 0 Å². The summed E-state index contributed by atoms with van der Waals surface area (Å²) >= 11 is 0. The molecule has 2 saturated heterocycles. The van der Waals surface area contributed by atoms with Gasteiger partial charge in [-0.3, -0.25) is 4.79 Å². The molecule has 5 nitrogen and oxygen atoms in total. The molecule has 2 fully saturated rings. The van der Waals surface area contributed by atoms with Gasteiger partial charge in [-0.15, -0.1) is 0 Å². The highest BCUT2D eigenvalue weighted by molar-refractivity contribution is 5.98. The van der Waals surface area contributed by atoms with Crippen molar-refractivity contribution in [1.29, 1.82) is 0 Å². The molecule has 3 aliphatic heterocycles. The third kappa shape index (κ3) is 2.90. The lowest BCUT2D eigenvalue weighted by molar-refractivity contribution is 0.0622. The molecule has 0 radical (unpaired) electrons. The number of piperidine rings is 1. The molecule has 0 saturated carbocycles. The summed E-state index contributed by atoms with van der Waals surface area (Å²) in [6.45, 7) is 3.83. The molecule has 3 heterocycles. The summed E-state index contributed by atoms with van der Waals surface area (Å²) in [6, 6.07) is 6.17. The van der Waals surface area contributed by atoms with Gasteiger partial charge in [-0.2, -0.15) is 0 Å². The molecule has 124 valence electrons. The maximum atomic E-state index is 13.0. The second-order valence-electron chi connectivity index (χ2n) is 6.69. The first-order valence-electron chi connectivity index (χ1n) is 8.74. The molecule has 1 N–H and O–H groups in total. The van der Waals surface area contributed by atoms with Crippen LogP contribution in [0.5, 0.6) is 11.5 Å². The van der Waals surface area contributed by atoms with Crippen LogP contribution in [0.2, 0.25) is 0 Å². The zero-order valence-corrected chi connectivity index (χ0v) is 13.4. The van der Waals surface area contributed by atoms with E-state index in [1.165, 1.54) is 19.3 Å². The molecule has 1 amide bonds. The minimum atomic E-state index is 0.0787. The number of hydrogen-bond acceptors (Lipinski definition) is 4. The lowest BCUT2D eigenvalue weighted by Gasteiger charge is -2.38. The number of benzene rings is 1. The van der Waals surface area contributed by atoms with Crippen LogP contribution < -0.4 is 14.8 Å². The fourth-order valence-electron chi connectivity index (χ4n) is 4.01. The van der Waals surface area contributed by atoms with Crippen LogP contribution in [0.4, 0.5) is 0 Å². The molecule has 2 atom stereocenters. The Morgan fingerprint density at radius 3 is 3.04 bits per heavy atom. The number of ether oxygens (including phenoxy) is 2. The van der Waals surface area contributed by atoms with Crippen molar-refractivity contribution in [3.8, 4) is 11.5 Å². The Morgan fingerprint density at radius 1 is 1.17 bits per heavy atom. The number of carbonyl (C=O) groups is 1. The Hall–Kier alpha value is -1.75. The van der Waals surface area contributed by atoms with Gasteiger partial charge in [-0.1, -0.05) is 12.5 Å². The molecule has 0 spiro atoms. The highest BCUT2D eigenvalue weighted by atomic mass is 16.6. The van der Waals surface area contributed by atoms with Gasteiger partial charge in [0.15, 0.2) is 11.5 Å². The third-order valence-electron chi connectivity index (χ3n) is 5.23. The van der Waals surface area contributed by atoms with Gasteiger partial charge in [0.25, 0.3) is 5.91 Å². The zero-order chi connectivity index (χ0) is 15.6. The fourth-order valence-corrected chi connectivity index (χ4v) is 4.01. The number of hydrogen-bond donors (Lipinski definition) is 1. The predicted molar refractivity (Wildman–Crippen MR) is 87.1 cm³/mol. The minimum Gasteiger partial charge on any atom is -0.486 e. The van der Waals surface area contributed by atoms with Gasteiger partial charge in [0, 0.05) is 19.1 Å². The molecular formula is C18H24N2O3. The van der Waals surface area contributed by atoms with Crippen molar-refractivity contribution in [2.24, 2.45) is 5.92 Å². The van der Waals surface area contributed by atoms with E-state index in [9.17, 15) is 4.79 Å². The van der Waals surface area contributed by atoms with Crippen LogP contribution in [0.15, 0.2) is 18.2 Å². The molecule has 0 unspecified atom stereocenters. The topological polar surface area (TPSA) is 50.8 Å². The van der Waals surface area contributed by atoms with E-state index in [1.807, 2.05) is 23.1 Å². The van der Waals surface area contributed by atoms with Gasteiger partial charge in [0.1, 0.15) is 13.2 Å². The van der Waals surface area contributed by atoms with Gasteiger partial charge in [0.2, 0.25) is 0 Å². The number of nitrogens with zero attached hydrogens (tertiary/aromatic N) is 1. The number of carbonyl (C=O) groups excluding carboxylic acids is 1. The lowest BCUT2D eigenvalue weighted by atomic mass is 9.89. The smallest absolute Gasteiger partial charge is 0.257 e. The summed E-state index contributed by atoms with van der Waals surface area (Å²) in [5.74, 6) is 1.96. The number of rotatable bonds is 1. The summed E-state index contributed by atoms with van der Waals surface area (Å²) in [4.78, 5) is 15.0. The second-order valence-corrected chi connectivity index (χ2v) is 6.69. The molecular weight excluding hydrogens is 292 g/mol. The Bertz CT molecular complexity index is 590.